The fraction of sp³-hybridized carbons (Fsp3) is 0.235. The maximum atomic E-state index is 12.1. The number of rotatable bonds is 6. The van der Waals surface area contributed by atoms with E-state index in [-0.39, 0.29) is 18.3 Å². The second-order valence-electron chi connectivity index (χ2n) is 4.91. The number of benzene rings is 1. The van der Waals surface area contributed by atoms with Crippen LogP contribution in [-0.4, -0.2) is 24.3 Å². The van der Waals surface area contributed by atoms with Gasteiger partial charge in [-0.2, -0.15) is 0 Å². The number of aryl methyl sites for hydroxylation is 1. The monoisotopic (exact) mass is 331 g/mol. The molecule has 0 saturated carbocycles. The summed E-state index contributed by atoms with van der Waals surface area (Å²) >= 11 is 1.30. The molecule has 6 heteroatoms. The Labute approximate surface area is 138 Å². The molecular formula is C17H17NO4S. The van der Waals surface area contributed by atoms with E-state index in [4.69, 9.17) is 4.74 Å². The number of ether oxygens (including phenoxy) is 1. The van der Waals surface area contributed by atoms with Crippen LogP contribution >= 0.6 is 11.3 Å². The lowest BCUT2D eigenvalue weighted by atomic mass is 10.1. The standard InChI is InChI=1S/C17H17NO4S/c1-3-16(20)18-13-9-12(7-6-11(13)2)17(21)22-10-14(19)15-5-4-8-23-15/h4-9H,3,10H2,1-2H3,(H,18,20). The molecule has 5 nitrogen and oxygen atoms in total. The first-order valence-electron chi connectivity index (χ1n) is 7.15. The summed E-state index contributed by atoms with van der Waals surface area (Å²) in [6.07, 6.45) is 0.351. The Morgan fingerprint density at radius 1 is 1.22 bits per heavy atom. The zero-order valence-corrected chi connectivity index (χ0v) is 13.7. The minimum Gasteiger partial charge on any atom is -0.454 e. The molecule has 0 aliphatic rings. The molecule has 2 rings (SSSR count). The van der Waals surface area contributed by atoms with Gasteiger partial charge in [0, 0.05) is 12.1 Å². The lowest BCUT2D eigenvalue weighted by Gasteiger charge is -2.10. The molecule has 1 N–H and O–H groups in total. The molecule has 2 aromatic rings. The number of Topliss-reactive ketones (excluding diaryl/α,β-unsaturated/α-hetero) is 1. The van der Waals surface area contributed by atoms with Crippen molar-refractivity contribution in [1.82, 2.24) is 0 Å². The number of hydrogen-bond acceptors (Lipinski definition) is 5. The van der Waals surface area contributed by atoms with Gasteiger partial charge in [-0.3, -0.25) is 9.59 Å². The molecule has 1 aromatic heterocycles. The maximum absolute atomic E-state index is 12.1. The highest BCUT2D eigenvalue weighted by atomic mass is 32.1. The largest absolute Gasteiger partial charge is 0.454 e. The molecule has 1 aromatic carbocycles. The summed E-state index contributed by atoms with van der Waals surface area (Å²) in [5.74, 6) is -0.964. The first-order chi connectivity index (χ1) is 11.0. The van der Waals surface area contributed by atoms with E-state index >= 15 is 0 Å². The first-order valence-corrected chi connectivity index (χ1v) is 8.03. The van der Waals surface area contributed by atoms with Crippen molar-refractivity contribution >= 4 is 34.7 Å². The molecule has 0 aliphatic carbocycles. The number of anilines is 1. The summed E-state index contributed by atoms with van der Waals surface area (Å²) in [5.41, 5.74) is 1.70. The molecule has 1 heterocycles. The van der Waals surface area contributed by atoms with Crippen molar-refractivity contribution in [2.45, 2.75) is 20.3 Å². The molecule has 0 bridgehead atoms. The van der Waals surface area contributed by atoms with Crippen LogP contribution in [0.1, 0.15) is 38.9 Å². The van der Waals surface area contributed by atoms with E-state index in [0.717, 1.165) is 5.56 Å². The molecule has 0 spiro atoms. The van der Waals surface area contributed by atoms with Gasteiger partial charge in [-0.15, -0.1) is 11.3 Å². The summed E-state index contributed by atoms with van der Waals surface area (Å²) in [6.45, 7) is 3.28. The molecule has 0 aliphatic heterocycles. The molecule has 0 fully saturated rings. The summed E-state index contributed by atoms with van der Waals surface area (Å²) < 4.78 is 5.05. The van der Waals surface area contributed by atoms with Crippen LogP contribution in [-0.2, 0) is 9.53 Å². The maximum Gasteiger partial charge on any atom is 0.338 e. The van der Waals surface area contributed by atoms with Crippen molar-refractivity contribution in [2.75, 3.05) is 11.9 Å². The zero-order chi connectivity index (χ0) is 16.8. The van der Waals surface area contributed by atoms with E-state index < -0.39 is 5.97 Å². The minimum absolute atomic E-state index is 0.133. The van der Waals surface area contributed by atoms with Gasteiger partial charge in [0.1, 0.15) is 0 Å². The number of carbonyl (C=O) groups is 3. The van der Waals surface area contributed by atoms with E-state index in [1.807, 2.05) is 6.92 Å². The van der Waals surface area contributed by atoms with Gasteiger partial charge in [0.2, 0.25) is 11.7 Å². The Morgan fingerprint density at radius 3 is 2.65 bits per heavy atom. The van der Waals surface area contributed by atoms with Crippen molar-refractivity contribution in [3.63, 3.8) is 0 Å². The third-order valence-electron chi connectivity index (χ3n) is 3.20. The molecule has 0 unspecified atom stereocenters. The van der Waals surface area contributed by atoms with Crippen LogP contribution < -0.4 is 5.32 Å². The fourth-order valence-electron chi connectivity index (χ4n) is 1.85. The summed E-state index contributed by atoms with van der Waals surface area (Å²) in [6, 6.07) is 8.34. The van der Waals surface area contributed by atoms with Crippen LogP contribution in [0.25, 0.3) is 0 Å². The number of ketones is 1. The highest BCUT2D eigenvalue weighted by molar-refractivity contribution is 7.12. The Hall–Kier alpha value is -2.47. The van der Waals surface area contributed by atoms with Crippen LogP contribution in [0.4, 0.5) is 5.69 Å². The van der Waals surface area contributed by atoms with Gasteiger partial charge in [0.15, 0.2) is 6.61 Å². The van der Waals surface area contributed by atoms with E-state index in [1.165, 1.54) is 11.3 Å². The average molecular weight is 331 g/mol. The van der Waals surface area contributed by atoms with Crippen molar-refractivity contribution in [3.05, 3.63) is 51.7 Å². The SMILES string of the molecule is CCC(=O)Nc1cc(C(=O)OCC(=O)c2cccs2)ccc1C. The average Bonchev–Trinajstić information content (AvgIpc) is 3.08. The highest BCUT2D eigenvalue weighted by Crippen LogP contribution is 2.18. The van der Waals surface area contributed by atoms with Crippen molar-refractivity contribution < 1.29 is 19.1 Å². The van der Waals surface area contributed by atoms with Crippen molar-refractivity contribution in [3.8, 4) is 0 Å². The predicted octanol–water partition coefficient (Wildman–Crippen LogP) is 3.44. The summed E-state index contributed by atoms with van der Waals surface area (Å²) in [7, 11) is 0. The van der Waals surface area contributed by atoms with Crippen LogP contribution in [0.5, 0.6) is 0 Å². The number of nitrogens with one attached hydrogen (secondary N) is 1. The number of esters is 1. The number of amides is 1. The van der Waals surface area contributed by atoms with E-state index in [0.29, 0.717) is 22.5 Å². The Bertz CT molecular complexity index is 722. The third kappa shape index (κ3) is 4.50. The quantitative estimate of drug-likeness (QED) is 0.650. The summed E-state index contributed by atoms with van der Waals surface area (Å²) in [5, 5.41) is 4.52. The minimum atomic E-state index is -0.595. The Morgan fingerprint density at radius 2 is 2.00 bits per heavy atom. The molecule has 0 atom stereocenters. The predicted molar refractivity (Wildman–Crippen MR) is 89.0 cm³/mol. The van der Waals surface area contributed by atoms with Crippen LogP contribution in [0.2, 0.25) is 0 Å². The van der Waals surface area contributed by atoms with E-state index in [2.05, 4.69) is 5.32 Å². The lowest BCUT2D eigenvalue weighted by molar-refractivity contribution is -0.115. The molecule has 1 amide bonds. The van der Waals surface area contributed by atoms with Gasteiger partial charge in [0.05, 0.1) is 10.4 Å². The highest BCUT2D eigenvalue weighted by Gasteiger charge is 2.14. The molecule has 0 radical (unpaired) electrons. The van der Waals surface area contributed by atoms with Gasteiger partial charge in [-0.25, -0.2) is 4.79 Å². The zero-order valence-electron chi connectivity index (χ0n) is 12.9. The second kappa shape index (κ2) is 7.69. The van der Waals surface area contributed by atoms with Gasteiger partial charge >= 0.3 is 5.97 Å². The van der Waals surface area contributed by atoms with Crippen LogP contribution in [0.3, 0.4) is 0 Å². The fourth-order valence-corrected chi connectivity index (χ4v) is 2.50. The van der Waals surface area contributed by atoms with Gasteiger partial charge in [-0.1, -0.05) is 19.1 Å². The molecule has 0 saturated heterocycles. The Balaban J connectivity index is 2.03. The topological polar surface area (TPSA) is 72.5 Å². The third-order valence-corrected chi connectivity index (χ3v) is 4.11. The van der Waals surface area contributed by atoms with Gasteiger partial charge in [0.25, 0.3) is 0 Å². The van der Waals surface area contributed by atoms with Crippen LogP contribution in [0.15, 0.2) is 35.7 Å². The summed E-state index contributed by atoms with van der Waals surface area (Å²) in [4.78, 5) is 35.9. The van der Waals surface area contributed by atoms with Gasteiger partial charge < -0.3 is 10.1 Å². The van der Waals surface area contributed by atoms with E-state index in [9.17, 15) is 14.4 Å². The molecule has 120 valence electrons. The normalized spacial score (nSPS) is 10.2. The number of thiophene rings is 1. The number of carbonyl (C=O) groups excluding carboxylic acids is 3. The van der Waals surface area contributed by atoms with E-state index in [1.54, 1.807) is 42.6 Å². The van der Waals surface area contributed by atoms with Crippen LogP contribution in [0, 0.1) is 6.92 Å². The second-order valence-corrected chi connectivity index (χ2v) is 5.86. The first kappa shape index (κ1) is 16.9. The smallest absolute Gasteiger partial charge is 0.338 e. The molecule has 23 heavy (non-hydrogen) atoms. The Kier molecular flexibility index (Phi) is 5.65. The number of hydrogen-bond donors (Lipinski definition) is 1. The van der Waals surface area contributed by atoms with Crippen molar-refractivity contribution in [1.29, 1.82) is 0 Å². The van der Waals surface area contributed by atoms with Crippen molar-refractivity contribution in [2.24, 2.45) is 0 Å². The van der Waals surface area contributed by atoms with Gasteiger partial charge in [-0.05, 0) is 36.1 Å². The lowest BCUT2D eigenvalue weighted by Crippen LogP contribution is -2.15. The molecular weight excluding hydrogens is 314 g/mol.